The quantitative estimate of drug-likeness (QED) is 0.827. The molecule has 134 valence electrons. The maximum Gasteiger partial charge on any atom is 0.254 e. The molecule has 1 fully saturated rings. The van der Waals surface area contributed by atoms with Crippen molar-refractivity contribution in [3.63, 3.8) is 0 Å². The third-order valence-electron chi connectivity index (χ3n) is 4.42. The molecule has 2 aromatic carbocycles. The van der Waals surface area contributed by atoms with Crippen molar-refractivity contribution in [2.75, 3.05) is 19.6 Å². The predicted molar refractivity (Wildman–Crippen MR) is 101 cm³/mol. The fraction of sp³-hybridized carbons (Fsp3) is 0.316. The van der Waals surface area contributed by atoms with Gasteiger partial charge in [-0.3, -0.25) is 9.69 Å². The van der Waals surface area contributed by atoms with Crippen LogP contribution >= 0.6 is 24.0 Å². The summed E-state index contributed by atoms with van der Waals surface area (Å²) in [5.41, 5.74) is 1.06. The Kier molecular flexibility index (Phi) is 7.24. The molecule has 1 N–H and O–H groups in total. The molecule has 1 amide bonds. The number of rotatable bonds is 5. The van der Waals surface area contributed by atoms with E-state index in [4.69, 9.17) is 11.6 Å². The number of benzene rings is 2. The molecule has 1 unspecified atom stereocenters. The van der Waals surface area contributed by atoms with Gasteiger partial charge in [0.2, 0.25) is 0 Å². The molecule has 0 spiro atoms. The van der Waals surface area contributed by atoms with Crippen molar-refractivity contribution < 1.29 is 9.18 Å². The molecule has 1 heterocycles. The third kappa shape index (κ3) is 4.72. The summed E-state index contributed by atoms with van der Waals surface area (Å²) in [5.74, 6) is -0.908. The number of halogens is 3. The highest BCUT2D eigenvalue weighted by atomic mass is 35.5. The number of amides is 1. The summed E-state index contributed by atoms with van der Waals surface area (Å²) in [6.45, 7) is 2.35. The molecule has 1 aliphatic rings. The molecule has 0 saturated carbocycles. The lowest BCUT2D eigenvalue weighted by Crippen LogP contribution is -2.37. The summed E-state index contributed by atoms with van der Waals surface area (Å²) < 4.78 is 13.8. The lowest BCUT2D eigenvalue weighted by molar-refractivity contribution is 0.0934. The number of carbonyl (C=O) groups excluding carboxylic acids is 1. The highest BCUT2D eigenvalue weighted by Gasteiger charge is 2.25. The summed E-state index contributed by atoms with van der Waals surface area (Å²) in [7, 11) is 0. The number of hydrogen-bond acceptors (Lipinski definition) is 2. The lowest BCUT2D eigenvalue weighted by Gasteiger charge is -2.29. The van der Waals surface area contributed by atoms with Crippen LogP contribution in [0.15, 0.2) is 48.5 Å². The number of carbonyl (C=O) groups is 1. The van der Waals surface area contributed by atoms with E-state index in [1.54, 1.807) is 12.1 Å². The fourth-order valence-corrected chi connectivity index (χ4v) is 3.43. The molecule has 1 saturated heterocycles. The van der Waals surface area contributed by atoms with E-state index in [2.05, 4.69) is 10.2 Å². The van der Waals surface area contributed by atoms with E-state index in [1.807, 2.05) is 24.3 Å². The zero-order valence-corrected chi connectivity index (χ0v) is 15.3. The van der Waals surface area contributed by atoms with Gasteiger partial charge in [0, 0.05) is 11.6 Å². The van der Waals surface area contributed by atoms with Crippen LogP contribution in [0.3, 0.4) is 0 Å². The monoisotopic (exact) mass is 382 g/mol. The molecule has 0 radical (unpaired) electrons. The van der Waals surface area contributed by atoms with Crippen molar-refractivity contribution in [2.45, 2.75) is 18.9 Å². The number of nitrogens with one attached hydrogen (secondary N) is 1. The minimum atomic E-state index is -0.509. The maximum atomic E-state index is 13.8. The first-order valence-electron chi connectivity index (χ1n) is 8.18. The van der Waals surface area contributed by atoms with Gasteiger partial charge in [0.25, 0.3) is 5.91 Å². The largest absolute Gasteiger partial charge is 0.350 e. The van der Waals surface area contributed by atoms with Crippen LogP contribution in [-0.4, -0.2) is 30.4 Å². The number of likely N-dealkylation sites (tertiary alicyclic amines) is 1. The van der Waals surface area contributed by atoms with Gasteiger partial charge < -0.3 is 5.32 Å². The van der Waals surface area contributed by atoms with E-state index in [0.717, 1.165) is 31.5 Å². The summed E-state index contributed by atoms with van der Waals surface area (Å²) in [6.07, 6.45) is 2.28. The van der Waals surface area contributed by atoms with Gasteiger partial charge in [-0.2, -0.15) is 0 Å². The maximum absolute atomic E-state index is 13.8. The zero-order valence-electron chi connectivity index (χ0n) is 13.8. The van der Waals surface area contributed by atoms with Crippen molar-refractivity contribution in [3.8, 4) is 0 Å². The van der Waals surface area contributed by atoms with E-state index < -0.39 is 11.7 Å². The molecule has 0 aromatic heterocycles. The first-order chi connectivity index (χ1) is 11.7. The lowest BCUT2D eigenvalue weighted by atomic mass is 10.0. The minimum absolute atomic E-state index is 0. The molecule has 6 heteroatoms. The van der Waals surface area contributed by atoms with E-state index in [0.29, 0.717) is 11.6 Å². The van der Waals surface area contributed by atoms with Crippen LogP contribution in [0, 0.1) is 5.82 Å². The standard InChI is InChI=1S/C19H20ClFN2O.ClH/c20-16-9-3-1-7-14(16)18(23-11-5-6-12-23)13-22-19(24)15-8-2-4-10-17(15)21;/h1-4,7-10,18H,5-6,11-13H2,(H,22,24);1H. The van der Waals surface area contributed by atoms with E-state index >= 15 is 0 Å². The molecule has 3 nitrogen and oxygen atoms in total. The number of hydrogen-bond donors (Lipinski definition) is 1. The van der Waals surface area contributed by atoms with Crippen LogP contribution in [-0.2, 0) is 0 Å². The van der Waals surface area contributed by atoms with Crippen molar-refractivity contribution in [3.05, 3.63) is 70.5 Å². The fourth-order valence-electron chi connectivity index (χ4n) is 3.16. The van der Waals surface area contributed by atoms with Gasteiger partial charge in [-0.15, -0.1) is 12.4 Å². The average molecular weight is 383 g/mol. The highest BCUT2D eigenvalue weighted by Crippen LogP contribution is 2.29. The van der Waals surface area contributed by atoms with Gasteiger partial charge in [-0.05, 0) is 49.7 Å². The van der Waals surface area contributed by atoms with Crippen LogP contribution in [0.25, 0.3) is 0 Å². The van der Waals surface area contributed by atoms with Gasteiger partial charge in [-0.25, -0.2) is 4.39 Å². The Hall–Kier alpha value is -1.62. The minimum Gasteiger partial charge on any atom is -0.350 e. The molecular formula is C19H21Cl2FN2O. The first kappa shape index (κ1) is 19.7. The summed E-state index contributed by atoms with van der Waals surface area (Å²) in [5, 5.41) is 3.55. The molecule has 3 rings (SSSR count). The Labute approximate surface area is 158 Å². The second-order valence-corrected chi connectivity index (χ2v) is 6.38. The van der Waals surface area contributed by atoms with Crippen molar-refractivity contribution in [1.82, 2.24) is 10.2 Å². The van der Waals surface area contributed by atoms with Gasteiger partial charge in [-0.1, -0.05) is 41.9 Å². The molecule has 0 aliphatic carbocycles. The van der Waals surface area contributed by atoms with Crippen LogP contribution in [0.1, 0.15) is 34.8 Å². The molecule has 0 bridgehead atoms. The van der Waals surface area contributed by atoms with Crippen LogP contribution in [0.2, 0.25) is 5.02 Å². The molecule has 2 aromatic rings. The topological polar surface area (TPSA) is 32.3 Å². The van der Waals surface area contributed by atoms with E-state index in [-0.39, 0.29) is 24.0 Å². The van der Waals surface area contributed by atoms with Gasteiger partial charge in [0.05, 0.1) is 11.6 Å². The molecule has 1 atom stereocenters. The van der Waals surface area contributed by atoms with Gasteiger partial charge >= 0.3 is 0 Å². The SMILES string of the molecule is Cl.O=C(NCC(c1ccccc1Cl)N1CCCC1)c1ccccc1F. The molecular weight excluding hydrogens is 362 g/mol. The predicted octanol–water partition coefficient (Wildman–Crippen LogP) is 4.47. The zero-order chi connectivity index (χ0) is 16.9. The van der Waals surface area contributed by atoms with Crippen molar-refractivity contribution in [1.29, 1.82) is 0 Å². The average Bonchev–Trinajstić information content (AvgIpc) is 3.11. The highest BCUT2D eigenvalue weighted by molar-refractivity contribution is 6.31. The Morgan fingerprint density at radius 1 is 1.12 bits per heavy atom. The Bertz CT molecular complexity index is 720. The van der Waals surface area contributed by atoms with E-state index in [1.165, 1.54) is 12.1 Å². The van der Waals surface area contributed by atoms with E-state index in [9.17, 15) is 9.18 Å². The van der Waals surface area contributed by atoms with Gasteiger partial charge in [0.1, 0.15) is 5.82 Å². The molecule has 25 heavy (non-hydrogen) atoms. The van der Waals surface area contributed by atoms with Crippen LogP contribution < -0.4 is 5.32 Å². The first-order valence-corrected chi connectivity index (χ1v) is 8.56. The Balaban J connectivity index is 0.00000225. The number of nitrogens with zero attached hydrogens (tertiary/aromatic N) is 1. The summed E-state index contributed by atoms with van der Waals surface area (Å²) in [6, 6.07) is 13.7. The van der Waals surface area contributed by atoms with Crippen molar-refractivity contribution in [2.24, 2.45) is 0 Å². The second-order valence-electron chi connectivity index (χ2n) is 5.97. The summed E-state index contributed by atoms with van der Waals surface area (Å²) in [4.78, 5) is 14.6. The second kappa shape index (κ2) is 9.18. The smallest absolute Gasteiger partial charge is 0.254 e. The van der Waals surface area contributed by atoms with Crippen LogP contribution in [0.4, 0.5) is 4.39 Å². The summed E-state index contributed by atoms with van der Waals surface area (Å²) >= 11 is 6.36. The van der Waals surface area contributed by atoms with Gasteiger partial charge in [0.15, 0.2) is 0 Å². The normalized spacial score (nSPS) is 15.4. The Morgan fingerprint density at radius 2 is 1.76 bits per heavy atom. The van der Waals surface area contributed by atoms with Crippen molar-refractivity contribution >= 4 is 29.9 Å². The van der Waals surface area contributed by atoms with Crippen LogP contribution in [0.5, 0.6) is 0 Å². The molecule has 1 aliphatic heterocycles. The Morgan fingerprint density at radius 3 is 2.44 bits per heavy atom. The third-order valence-corrected chi connectivity index (χ3v) is 4.76.